The molecule has 0 aromatic carbocycles. The van der Waals surface area contributed by atoms with Crippen molar-refractivity contribution in [2.24, 2.45) is 10.9 Å². The predicted octanol–water partition coefficient (Wildman–Crippen LogP) is 2.15. The van der Waals surface area contributed by atoms with Crippen LogP contribution in [0.25, 0.3) is 0 Å². The Kier molecular flexibility index (Phi) is 16.3. The van der Waals surface area contributed by atoms with Crippen molar-refractivity contribution >= 4 is 29.9 Å². The summed E-state index contributed by atoms with van der Waals surface area (Å²) in [4.78, 5) is 4.63. The van der Waals surface area contributed by atoms with Crippen molar-refractivity contribution in [3.63, 3.8) is 0 Å². The summed E-state index contributed by atoms with van der Waals surface area (Å²) in [5.74, 6) is 1.28. The van der Waals surface area contributed by atoms with Crippen LogP contribution >= 0.6 is 24.0 Å². The van der Waals surface area contributed by atoms with E-state index in [9.17, 15) is 0 Å². The molecule has 7 heteroatoms. The first kappa shape index (κ1) is 23.9. The van der Waals surface area contributed by atoms with E-state index < -0.39 is 0 Å². The van der Waals surface area contributed by atoms with Gasteiger partial charge >= 0.3 is 0 Å². The lowest BCUT2D eigenvalue weighted by atomic mass is 10.0. The highest BCUT2D eigenvalue weighted by Crippen LogP contribution is 2.12. The largest absolute Gasteiger partial charge is 0.396 e. The summed E-state index contributed by atoms with van der Waals surface area (Å²) in [7, 11) is 0. The maximum Gasteiger partial charge on any atom is 0.191 e. The number of ether oxygens (including phenoxy) is 2. The van der Waals surface area contributed by atoms with Crippen LogP contribution < -0.4 is 10.6 Å². The second-order valence-corrected chi connectivity index (χ2v) is 6.02. The van der Waals surface area contributed by atoms with Gasteiger partial charge in [0, 0.05) is 32.8 Å². The number of hydrogen-bond acceptors (Lipinski definition) is 4. The van der Waals surface area contributed by atoms with Gasteiger partial charge in [-0.05, 0) is 38.5 Å². The van der Waals surface area contributed by atoms with E-state index in [1.165, 1.54) is 0 Å². The van der Waals surface area contributed by atoms with E-state index in [1.807, 2.05) is 0 Å². The molecule has 6 nitrogen and oxygen atoms in total. The summed E-state index contributed by atoms with van der Waals surface area (Å²) in [6.45, 7) is 8.99. The Morgan fingerprint density at radius 2 is 2.17 bits per heavy atom. The molecular formula is C17H36IN3O3. The average Bonchev–Trinajstić information content (AvgIpc) is 3.05. The Morgan fingerprint density at radius 1 is 1.33 bits per heavy atom. The SMILES string of the molecule is CCCC(CCO)CN=C(NCC)NCCOCC1CCCO1.I. The van der Waals surface area contributed by atoms with E-state index in [0.717, 1.165) is 64.3 Å². The van der Waals surface area contributed by atoms with Crippen molar-refractivity contribution in [3.8, 4) is 0 Å². The molecule has 3 N–H and O–H groups in total. The molecule has 1 rings (SSSR count). The second kappa shape index (κ2) is 16.4. The quantitative estimate of drug-likeness (QED) is 0.181. The summed E-state index contributed by atoms with van der Waals surface area (Å²) in [5.41, 5.74) is 0. The average molecular weight is 457 g/mol. The minimum atomic E-state index is 0. The fourth-order valence-electron chi connectivity index (χ4n) is 2.71. The number of rotatable bonds is 12. The maximum atomic E-state index is 9.12. The number of aliphatic hydroxyl groups is 1. The summed E-state index contributed by atoms with van der Waals surface area (Å²) < 4.78 is 11.2. The van der Waals surface area contributed by atoms with Gasteiger partial charge < -0.3 is 25.2 Å². The highest BCUT2D eigenvalue weighted by Gasteiger charge is 2.15. The molecule has 1 heterocycles. The van der Waals surface area contributed by atoms with Gasteiger partial charge in [-0.15, -0.1) is 24.0 Å². The molecule has 144 valence electrons. The van der Waals surface area contributed by atoms with E-state index in [1.54, 1.807) is 0 Å². The standard InChI is InChI=1S/C17H35N3O3.HI/c1-3-6-15(8-10-21)13-20-17(18-4-2)19-9-12-22-14-16-7-5-11-23-16;/h15-16,21H,3-14H2,1-2H3,(H2,18,19,20);1H. The summed E-state index contributed by atoms with van der Waals surface area (Å²) in [6, 6.07) is 0. The number of nitrogens with one attached hydrogen (secondary N) is 2. The minimum absolute atomic E-state index is 0. The Bertz CT molecular complexity index is 307. The lowest BCUT2D eigenvalue weighted by Gasteiger charge is -2.15. The normalized spacial score (nSPS) is 19.0. The molecular weight excluding hydrogens is 421 g/mol. The lowest BCUT2D eigenvalue weighted by Crippen LogP contribution is -2.39. The number of hydrogen-bond donors (Lipinski definition) is 3. The third kappa shape index (κ3) is 11.4. The van der Waals surface area contributed by atoms with Crippen LogP contribution in [0.5, 0.6) is 0 Å². The molecule has 0 aliphatic carbocycles. The van der Waals surface area contributed by atoms with Crippen LogP contribution in [0.15, 0.2) is 4.99 Å². The molecule has 0 amide bonds. The van der Waals surface area contributed by atoms with E-state index in [2.05, 4.69) is 29.5 Å². The lowest BCUT2D eigenvalue weighted by molar-refractivity contribution is 0.0191. The predicted molar refractivity (Wildman–Crippen MR) is 109 cm³/mol. The first-order valence-corrected chi connectivity index (χ1v) is 9.12. The fourth-order valence-corrected chi connectivity index (χ4v) is 2.71. The van der Waals surface area contributed by atoms with Gasteiger partial charge in [-0.25, -0.2) is 0 Å². The molecule has 2 atom stereocenters. The third-order valence-corrected chi connectivity index (χ3v) is 3.95. The van der Waals surface area contributed by atoms with Crippen molar-refractivity contribution in [1.29, 1.82) is 0 Å². The second-order valence-electron chi connectivity index (χ2n) is 6.02. The molecule has 2 unspecified atom stereocenters. The van der Waals surface area contributed by atoms with Crippen LogP contribution in [0.4, 0.5) is 0 Å². The Labute approximate surface area is 164 Å². The molecule has 1 aliphatic rings. The summed E-state index contributed by atoms with van der Waals surface area (Å²) >= 11 is 0. The van der Waals surface area contributed by atoms with Gasteiger partial charge in [0.05, 0.1) is 19.3 Å². The molecule has 24 heavy (non-hydrogen) atoms. The topological polar surface area (TPSA) is 75.1 Å². The van der Waals surface area contributed by atoms with Crippen LogP contribution in [-0.4, -0.2) is 63.2 Å². The zero-order valence-electron chi connectivity index (χ0n) is 15.3. The highest BCUT2D eigenvalue weighted by molar-refractivity contribution is 14.0. The van der Waals surface area contributed by atoms with Crippen molar-refractivity contribution in [2.75, 3.05) is 46.1 Å². The van der Waals surface area contributed by atoms with E-state index in [-0.39, 0.29) is 36.7 Å². The van der Waals surface area contributed by atoms with Gasteiger partial charge in [-0.2, -0.15) is 0 Å². The molecule has 1 saturated heterocycles. The molecule has 0 spiro atoms. The van der Waals surface area contributed by atoms with Gasteiger partial charge in [0.2, 0.25) is 0 Å². The van der Waals surface area contributed by atoms with Gasteiger partial charge in [-0.3, -0.25) is 4.99 Å². The monoisotopic (exact) mass is 457 g/mol. The molecule has 1 aliphatic heterocycles. The van der Waals surface area contributed by atoms with Crippen LogP contribution in [0, 0.1) is 5.92 Å². The molecule has 0 bridgehead atoms. The van der Waals surface area contributed by atoms with Crippen molar-refractivity contribution in [1.82, 2.24) is 10.6 Å². The number of halogens is 1. The van der Waals surface area contributed by atoms with Crippen molar-refractivity contribution in [2.45, 2.75) is 52.1 Å². The fraction of sp³-hybridized carbons (Fsp3) is 0.941. The number of aliphatic imine (C=N–C) groups is 1. The summed E-state index contributed by atoms with van der Waals surface area (Å²) in [6.07, 6.45) is 5.60. The smallest absolute Gasteiger partial charge is 0.191 e. The van der Waals surface area contributed by atoms with Gasteiger partial charge in [0.15, 0.2) is 5.96 Å². The van der Waals surface area contributed by atoms with Gasteiger partial charge in [0.25, 0.3) is 0 Å². The molecule has 0 aromatic rings. The zero-order valence-corrected chi connectivity index (χ0v) is 17.6. The van der Waals surface area contributed by atoms with Gasteiger partial charge in [-0.1, -0.05) is 13.3 Å². The first-order chi connectivity index (χ1) is 11.3. The highest BCUT2D eigenvalue weighted by atomic mass is 127. The number of nitrogens with zero attached hydrogens (tertiary/aromatic N) is 1. The van der Waals surface area contributed by atoms with Crippen LogP contribution in [0.2, 0.25) is 0 Å². The molecule has 1 fully saturated rings. The maximum absolute atomic E-state index is 9.12. The Hall–Kier alpha value is -0.120. The van der Waals surface area contributed by atoms with Crippen LogP contribution in [-0.2, 0) is 9.47 Å². The van der Waals surface area contributed by atoms with E-state index in [0.29, 0.717) is 19.1 Å². The van der Waals surface area contributed by atoms with Crippen molar-refractivity contribution < 1.29 is 14.6 Å². The number of aliphatic hydroxyl groups excluding tert-OH is 1. The number of guanidine groups is 1. The summed E-state index contributed by atoms with van der Waals surface area (Å²) in [5, 5.41) is 15.7. The minimum Gasteiger partial charge on any atom is -0.396 e. The zero-order chi connectivity index (χ0) is 16.8. The van der Waals surface area contributed by atoms with Crippen LogP contribution in [0.3, 0.4) is 0 Å². The molecule has 0 aromatic heterocycles. The molecule has 0 radical (unpaired) electrons. The Morgan fingerprint density at radius 3 is 2.79 bits per heavy atom. The first-order valence-electron chi connectivity index (χ1n) is 9.12. The van der Waals surface area contributed by atoms with Crippen molar-refractivity contribution in [3.05, 3.63) is 0 Å². The molecule has 0 saturated carbocycles. The van der Waals surface area contributed by atoms with Gasteiger partial charge in [0.1, 0.15) is 0 Å². The third-order valence-electron chi connectivity index (χ3n) is 3.95. The van der Waals surface area contributed by atoms with E-state index in [4.69, 9.17) is 14.6 Å². The Balaban J connectivity index is 0.00000529. The van der Waals surface area contributed by atoms with E-state index >= 15 is 0 Å². The van der Waals surface area contributed by atoms with Crippen LogP contribution in [0.1, 0.15) is 46.0 Å².